The number of carbonyl (C=O) groups is 1. The third kappa shape index (κ3) is 3.21. The molecule has 2 aromatic rings. The van der Waals surface area contributed by atoms with E-state index in [1.165, 1.54) is 0 Å². The molecule has 2 aromatic carbocycles. The minimum Gasteiger partial charge on any atom is -0.381 e. The molecule has 26 heavy (non-hydrogen) atoms. The summed E-state index contributed by atoms with van der Waals surface area (Å²) in [5.41, 5.74) is 3.77. The van der Waals surface area contributed by atoms with Gasteiger partial charge in [-0.15, -0.1) is 0 Å². The number of amidine groups is 1. The zero-order valence-corrected chi connectivity index (χ0v) is 14.2. The number of rotatable bonds is 3. The monoisotopic (exact) mass is 352 g/mol. The molecule has 2 heterocycles. The van der Waals surface area contributed by atoms with Crippen molar-refractivity contribution in [2.75, 3.05) is 18.5 Å². The number of para-hydroxylation sites is 1. The molecule has 4 rings (SSSR count). The Labute approximate surface area is 151 Å². The predicted molar refractivity (Wildman–Crippen MR) is 97.3 cm³/mol. The van der Waals surface area contributed by atoms with E-state index < -0.39 is 5.72 Å². The van der Waals surface area contributed by atoms with E-state index in [2.05, 4.69) is 15.9 Å². The number of nitrogens with zero attached hydrogens (tertiary/aromatic N) is 2. The summed E-state index contributed by atoms with van der Waals surface area (Å²) in [7, 11) is 0. The van der Waals surface area contributed by atoms with Gasteiger partial charge in [0.2, 0.25) is 5.72 Å². The lowest BCUT2D eigenvalue weighted by molar-refractivity contribution is -0.162. The third-order valence-electron chi connectivity index (χ3n) is 4.47. The topological polar surface area (TPSA) is 75.2 Å². The van der Waals surface area contributed by atoms with Crippen molar-refractivity contribution in [3.05, 3.63) is 66.2 Å². The highest BCUT2D eigenvalue weighted by molar-refractivity contribution is 6.01. The average Bonchev–Trinajstić information content (AvgIpc) is 3.01. The van der Waals surface area contributed by atoms with E-state index in [0.717, 1.165) is 5.56 Å². The molecule has 134 valence electrons. The lowest BCUT2D eigenvalue weighted by atomic mass is 10.0. The standard InChI is InChI=1S/C19H20N4O3/c24-18(20-16-9-5-2-6-10-16)21-23-17(15-7-3-1-4-8-15)22-26-19(23)11-13-25-14-12-19/h1-10H,11-14H2,(H2,20,21,24). The van der Waals surface area contributed by atoms with Crippen LogP contribution in [0.15, 0.2) is 65.8 Å². The van der Waals surface area contributed by atoms with Gasteiger partial charge in [0.05, 0.1) is 13.2 Å². The Hall–Kier alpha value is -3.06. The van der Waals surface area contributed by atoms with Crippen LogP contribution in [0.4, 0.5) is 10.5 Å². The number of urea groups is 1. The second-order valence-corrected chi connectivity index (χ2v) is 6.20. The van der Waals surface area contributed by atoms with Crippen molar-refractivity contribution in [2.24, 2.45) is 5.16 Å². The summed E-state index contributed by atoms with van der Waals surface area (Å²) in [6.07, 6.45) is 1.22. The van der Waals surface area contributed by atoms with Gasteiger partial charge in [0.25, 0.3) is 0 Å². The first kappa shape index (κ1) is 16.4. The van der Waals surface area contributed by atoms with Gasteiger partial charge in [-0.25, -0.2) is 15.2 Å². The van der Waals surface area contributed by atoms with Gasteiger partial charge in [-0.2, -0.15) is 0 Å². The summed E-state index contributed by atoms with van der Waals surface area (Å²) in [5.74, 6) is 0.579. The first-order valence-electron chi connectivity index (χ1n) is 8.59. The van der Waals surface area contributed by atoms with E-state index >= 15 is 0 Å². The molecule has 0 aliphatic carbocycles. The molecule has 1 saturated heterocycles. The number of carbonyl (C=O) groups excluding carboxylic acids is 1. The van der Waals surface area contributed by atoms with Gasteiger partial charge in [0.15, 0.2) is 5.84 Å². The normalized spacial score (nSPS) is 18.2. The van der Waals surface area contributed by atoms with Crippen LogP contribution in [0.25, 0.3) is 0 Å². The highest BCUT2D eigenvalue weighted by Gasteiger charge is 2.48. The Balaban J connectivity index is 1.57. The Bertz CT molecular complexity index is 789. The Morgan fingerprint density at radius 3 is 2.35 bits per heavy atom. The van der Waals surface area contributed by atoms with Crippen LogP contribution in [0.1, 0.15) is 18.4 Å². The van der Waals surface area contributed by atoms with E-state index in [1.54, 1.807) is 5.01 Å². The van der Waals surface area contributed by atoms with Crippen molar-refractivity contribution in [3.8, 4) is 0 Å². The lowest BCUT2D eigenvalue weighted by Gasteiger charge is -2.39. The Morgan fingerprint density at radius 1 is 1.00 bits per heavy atom. The number of oxime groups is 1. The number of amides is 2. The van der Waals surface area contributed by atoms with Crippen molar-refractivity contribution < 1.29 is 14.4 Å². The molecule has 2 N–H and O–H groups in total. The van der Waals surface area contributed by atoms with Crippen molar-refractivity contribution in [1.82, 2.24) is 10.4 Å². The quantitative estimate of drug-likeness (QED) is 0.891. The molecule has 1 fully saturated rings. The number of hydrogen-bond donors (Lipinski definition) is 2. The smallest absolute Gasteiger partial charge is 0.338 e. The minimum absolute atomic E-state index is 0.351. The average molecular weight is 352 g/mol. The summed E-state index contributed by atoms with van der Waals surface area (Å²) in [6, 6.07) is 18.6. The number of benzene rings is 2. The van der Waals surface area contributed by atoms with Crippen LogP contribution in [-0.4, -0.2) is 35.8 Å². The second-order valence-electron chi connectivity index (χ2n) is 6.20. The second kappa shape index (κ2) is 7.05. The predicted octanol–water partition coefficient (Wildman–Crippen LogP) is 2.92. The third-order valence-corrected chi connectivity index (χ3v) is 4.47. The number of anilines is 1. The maximum atomic E-state index is 12.6. The van der Waals surface area contributed by atoms with E-state index in [1.807, 2.05) is 60.7 Å². The number of hydrogen-bond acceptors (Lipinski definition) is 5. The van der Waals surface area contributed by atoms with Crippen molar-refractivity contribution in [2.45, 2.75) is 18.6 Å². The van der Waals surface area contributed by atoms with Crippen LogP contribution in [-0.2, 0) is 9.57 Å². The zero-order valence-electron chi connectivity index (χ0n) is 14.2. The van der Waals surface area contributed by atoms with E-state index in [-0.39, 0.29) is 6.03 Å². The maximum absolute atomic E-state index is 12.6. The molecular formula is C19H20N4O3. The van der Waals surface area contributed by atoms with Gasteiger partial charge >= 0.3 is 6.03 Å². The fourth-order valence-electron chi connectivity index (χ4n) is 3.11. The highest BCUT2D eigenvalue weighted by atomic mass is 16.7. The summed E-state index contributed by atoms with van der Waals surface area (Å²) in [6.45, 7) is 1.10. The van der Waals surface area contributed by atoms with Crippen LogP contribution in [0.5, 0.6) is 0 Å². The molecule has 7 heteroatoms. The molecule has 0 bridgehead atoms. The summed E-state index contributed by atoms with van der Waals surface area (Å²) in [5, 5.41) is 8.82. The molecule has 2 aliphatic rings. The number of hydrazine groups is 1. The Morgan fingerprint density at radius 2 is 1.65 bits per heavy atom. The van der Waals surface area contributed by atoms with Crippen molar-refractivity contribution in [1.29, 1.82) is 0 Å². The van der Waals surface area contributed by atoms with Crippen molar-refractivity contribution in [3.63, 3.8) is 0 Å². The molecule has 1 spiro atoms. The van der Waals surface area contributed by atoms with E-state index in [0.29, 0.717) is 37.6 Å². The molecule has 2 amide bonds. The number of ether oxygens (including phenoxy) is 1. The van der Waals surface area contributed by atoms with Crippen LogP contribution in [0.3, 0.4) is 0 Å². The van der Waals surface area contributed by atoms with Gasteiger partial charge in [-0.1, -0.05) is 53.7 Å². The summed E-state index contributed by atoms with van der Waals surface area (Å²) < 4.78 is 5.46. The largest absolute Gasteiger partial charge is 0.381 e. The number of nitrogens with one attached hydrogen (secondary N) is 2. The fraction of sp³-hybridized carbons (Fsp3) is 0.263. The van der Waals surface area contributed by atoms with Gasteiger partial charge < -0.3 is 14.9 Å². The van der Waals surface area contributed by atoms with E-state index in [4.69, 9.17) is 9.57 Å². The summed E-state index contributed by atoms with van der Waals surface area (Å²) in [4.78, 5) is 18.4. The van der Waals surface area contributed by atoms with Gasteiger partial charge in [0.1, 0.15) is 0 Å². The zero-order chi connectivity index (χ0) is 17.8. The fourth-order valence-corrected chi connectivity index (χ4v) is 3.11. The molecule has 0 saturated carbocycles. The molecule has 0 radical (unpaired) electrons. The van der Waals surface area contributed by atoms with Gasteiger partial charge in [0, 0.05) is 24.1 Å². The van der Waals surface area contributed by atoms with Gasteiger partial charge in [-0.3, -0.25) is 0 Å². The first-order valence-corrected chi connectivity index (χ1v) is 8.59. The van der Waals surface area contributed by atoms with Crippen LogP contribution >= 0.6 is 0 Å². The Kier molecular flexibility index (Phi) is 4.45. The van der Waals surface area contributed by atoms with Crippen LogP contribution in [0.2, 0.25) is 0 Å². The maximum Gasteiger partial charge on any atom is 0.338 e. The molecule has 2 aliphatic heterocycles. The molecule has 0 unspecified atom stereocenters. The minimum atomic E-state index is -0.725. The first-order chi connectivity index (χ1) is 12.8. The molecule has 0 aromatic heterocycles. The summed E-state index contributed by atoms with van der Waals surface area (Å²) >= 11 is 0. The van der Waals surface area contributed by atoms with Crippen LogP contribution < -0.4 is 10.7 Å². The van der Waals surface area contributed by atoms with Crippen LogP contribution in [0, 0.1) is 0 Å². The highest BCUT2D eigenvalue weighted by Crippen LogP contribution is 2.34. The molecule has 7 nitrogen and oxygen atoms in total. The van der Waals surface area contributed by atoms with Gasteiger partial charge in [-0.05, 0) is 12.1 Å². The lowest BCUT2D eigenvalue weighted by Crippen LogP contribution is -2.60. The molecule has 0 atom stereocenters. The molecular weight excluding hydrogens is 332 g/mol. The van der Waals surface area contributed by atoms with E-state index in [9.17, 15) is 4.79 Å². The SMILES string of the molecule is O=C(Nc1ccccc1)NN1C(c2ccccc2)=NOC12CCOCC2. The van der Waals surface area contributed by atoms with Crippen molar-refractivity contribution >= 4 is 17.6 Å².